The van der Waals surface area contributed by atoms with Crippen LogP contribution >= 0.6 is 34.3 Å². The Morgan fingerprint density at radius 1 is 1.19 bits per heavy atom. The molecular weight excluding hydrogens is 324 g/mol. The van der Waals surface area contributed by atoms with Crippen molar-refractivity contribution in [3.8, 4) is 11.3 Å². The van der Waals surface area contributed by atoms with Crippen LogP contribution in [-0.4, -0.2) is 10.9 Å². The minimum Gasteiger partial charge on any atom is -0.297 e. The summed E-state index contributed by atoms with van der Waals surface area (Å²) in [5.74, 6) is -0.120. The van der Waals surface area contributed by atoms with E-state index in [1.807, 2.05) is 48.7 Å². The lowest BCUT2D eigenvalue weighted by Gasteiger charge is -1.98. The molecule has 3 aromatic rings. The van der Waals surface area contributed by atoms with Crippen LogP contribution in [-0.2, 0) is 0 Å². The molecule has 0 saturated carbocycles. The Kier molecular flexibility index (Phi) is 4.05. The van der Waals surface area contributed by atoms with Crippen molar-refractivity contribution in [2.75, 3.05) is 5.32 Å². The summed E-state index contributed by atoms with van der Waals surface area (Å²) in [7, 11) is 0. The van der Waals surface area contributed by atoms with Crippen molar-refractivity contribution in [1.29, 1.82) is 0 Å². The normalized spacial score (nSPS) is 10.6. The van der Waals surface area contributed by atoms with Crippen LogP contribution in [0.25, 0.3) is 11.3 Å². The van der Waals surface area contributed by atoms with E-state index in [0.717, 1.165) is 16.1 Å². The Labute approximate surface area is 135 Å². The molecule has 1 N–H and O–H groups in total. The molecule has 1 amide bonds. The summed E-state index contributed by atoms with van der Waals surface area (Å²) >= 11 is 8.75. The smallest absolute Gasteiger partial charge is 0.267 e. The molecular formula is C15H11ClN2OS2. The van der Waals surface area contributed by atoms with Gasteiger partial charge in [0, 0.05) is 20.8 Å². The number of anilines is 1. The first-order valence-electron chi connectivity index (χ1n) is 6.21. The van der Waals surface area contributed by atoms with Gasteiger partial charge in [-0.1, -0.05) is 23.7 Å². The molecule has 0 atom stereocenters. The first-order chi connectivity index (χ1) is 10.1. The molecule has 0 radical (unpaired) electrons. The lowest BCUT2D eigenvalue weighted by atomic mass is 10.2. The third-order valence-electron chi connectivity index (χ3n) is 2.83. The molecule has 3 nitrogen and oxygen atoms in total. The quantitative estimate of drug-likeness (QED) is 0.725. The molecule has 0 unspecified atom stereocenters. The van der Waals surface area contributed by atoms with Gasteiger partial charge in [0.2, 0.25) is 0 Å². The van der Waals surface area contributed by atoms with Crippen molar-refractivity contribution in [1.82, 2.24) is 4.98 Å². The minimum absolute atomic E-state index is 0.120. The molecule has 1 aromatic carbocycles. The van der Waals surface area contributed by atoms with Gasteiger partial charge in [0.1, 0.15) is 0 Å². The number of halogens is 1. The Morgan fingerprint density at radius 3 is 2.62 bits per heavy atom. The van der Waals surface area contributed by atoms with Crippen molar-refractivity contribution in [3.05, 3.63) is 56.6 Å². The minimum atomic E-state index is -0.120. The molecule has 0 aliphatic carbocycles. The van der Waals surface area contributed by atoms with Crippen LogP contribution in [0.4, 0.5) is 5.13 Å². The Bertz CT molecular complexity index is 777. The van der Waals surface area contributed by atoms with E-state index >= 15 is 0 Å². The second-order valence-electron chi connectivity index (χ2n) is 4.41. The number of amides is 1. The van der Waals surface area contributed by atoms with Crippen LogP contribution < -0.4 is 5.32 Å². The third-order valence-corrected chi connectivity index (χ3v) is 4.84. The highest BCUT2D eigenvalue weighted by Gasteiger charge is 2.11. The molecule has 3 rings (SSSR count). The van der Waals surface area contributed by atoms with Gasteiger partial charge in [0.15, 0.2) is 5.13 Å². The van der Waals surface area contributed by atoms with Crippen molar-refractivity contribution >= 4 is 45.3 Å². The van der Waals surface area contributed by atoms with Crippen LogP contribution in [0, 0.1) is 6.92 Å². The number of carbonyl (C=O) groups is 1. The van der Waals surface area contributed by atoms with Gasteiger partial charge in [-0.3, -0.25) is 10.1 Å². The van der Waals surface area contributed by atoms with Crippen LogP contribution in [0.1, 0.15) is 14.5 Å². The molecule has 2 aromatic heterocycles. The number of rotatable bonds is 3. The topological polar surface area (TPSA) is 42.0 Å². The summed E-state index contributed by atoms with van der Waals surface area (Å²) in [4.78, 5) is 18.3. The molecule has 0 spiro atoms. The van der Waals surface area contributed by atoms with E-state index in [1.54, 1.807) is 0 Å². The van der Waals surface area contributed by atoms with Gasteiger partial charge >= 0.3 is 0 Å². The zero-order valence-corrected chi connectivity index (χ0v) is 13.5. The third kappa shape index (κ3) is 3.32. The Balaban J connectivity index is 1.76. The van der Waals surface area contributed by atoms with Gasteiger partial charge < -0.3 is 0 Å². The molecule has 2 heterocycles. The number of nitrogens with zero attached hydrogens (tertiary/aromatic N) is 1. The maximum atomic E-state index is 12.1. The molecule has 0 saturated heterocycles. The maximum Gasteiger partial charge on any atom is 0.267 e. The van der Waals surface area contributed by atoms with Crippen molar-refractivity contribution < 1.29 is 4.79 Å². The van der Waals surface area contributed by atoms with E-state index in [1.165, 1.54) is 22.7 Å². The van der Waals surface area contributed by atoms with E-state index in [2.05, 4.69) is 10.3 Å². The molecule has 0 aliphatic rings. The number of thiophene rings is 1. The predicted molar refractivity (Wildman–Crippen MR) is 89.6 cm³/mol. The van der Waals surface area contributed by atoms with Crippen molar-refractivity contribution in [2.45, 2.75) is 6.92 Å². The zero-order valence-electron chi connectivity index (χ0n) is 11.1. The van der Waals surface area contributed by atoms with Crippen LogP contribution in [0.15, 0.2) is 41.8 Å². The lowest BCUT2D eigenvalue weighted by molar-refractivity contribution is 0.103. The SMILES string of the molecule is Cc1ccc(C(=O)Nc2nc(-c3ccc(Cl)cc3)cs2)s1. The fourth-order valence-corrected chi connectivity index (χ4v) is 3.40. The summed E-state index contributed by atoms with van der Waals surface area (Å²) in [6.45, 7) is 1.98. The van der Waals surface area contributed by atoms with E-state index < -0.39 is 0 Å². The summed E-state index contributed by atoms with van der Waals surface area (Å²) in [6.07, 6.45) is 0. The first kappa shape index (κ1) is 14.3. The standard InChI is InChI=1S/C15H11ClN2OS2/c1-9-2-7-13(21-9)14(19)18-15-17-12(8-20-15)10-3-5-11(16)6-4-10/h2-8H,1H3,(H,17,18,19). The Hall–Kier alpha value is -1.69. The van der Waals surface area contributed by atoms with Gasteiger partial charge in [-0.25, -0.2) is 4.98 Å². The average Bonchev–Trinajstić information content (AvgIpc) is 3.09. The van der Waals surface area contributed by atoms with Gasteiger partial charge in [-0.2, -0.15) is 0 Å². The number of carbonyl (C=O) groups excluding carboxylic acids is 1. The number of benzene rings is 1. The first-order valence-corrected chi connectivity index (χ1v) is 8.28. The molecule has 0 fully saturated rings. The number of nitrogens with one attached hydrogen (secondary N) is 1. The van der Waals surface area contributed by atoms with Gasteiger partial charge in [0.25, 0.3) is 5.91 Å². The van der Waals surface area contributed by atoms with Crippen LogP contribution in [0.2, 0.25) is 5.02 Å². The number of aromatic nitrogens is 1. The van der Waals surface area contributed by atoms with Gasteiger partial charge in [-0.15, -0.1) is 22.7 Å². The zero-order chi connectivity index (χ0) is 14.8. The molecule has 0 aliphatic heterocycles. The highest BCUT2D eigenvalue weighted by atomic mass is 35.5. The van der Waals surface area contributed by atoms with Crippen LogP contribution in [0.5, 0.6) is 0 Å². The summed E-state index contributed by atoms with van der Waals surface area (Å²) in [5.41, 5.74) is 1.80. The highest BCUT2D eigenvalue weighted by molar-refractivity contribution is 7.15. The van der Waals surface area contributed by atoms with Crippen molar-refractivity contribution in [2.24, 2.45) is 0 Å². The largest absolute Gasteiger partial charge is 0.297 e. The molecule has 21 heavy (non-hydrogen) atoms. The second-order valence-corrected chi connectivity index (χ2v) is 6.99. The van der Waals surface area contributed by atoms with Gasteiger partial charge in [0.05, 0.1) is 10.6 Å². The molecule has 0 bridgehead atoms. The van der Waals surface area contributed by atoms with E-state index in [-0.39, 0.29) is 5.91 Å². The summed E-state index contributed by atoms with van der Waals surface area (Å²) < 4.78 is 0. The summed E-state index contributed by atoms with van der Waals surface area (Å²) in [6, 6.07) is 11.2. The average molecular weight is 335 g/mol. The van der Waals surface area contributed by atoms with E-state index in [0.29, 0.717) is 15.0 Å². The van der Waals surface area contributed by atoms with E-state index in [4.69, 9.17) is 11.6 Å². The molecule has 6 heteroatoms. The monoisotopic (exact) mass is 334 g/mol. The maximum absolute atomic E-state index is 12.1. The fourth-order valence-electron chi connectivity index (χ4n) is 1.80. The van der Waals surface area contributed by atoms with Gasteiger partial charge in [-0.05, 0) is 31.2 Å². The number of thiazole rings is 1. The molecule has 106 valence electrons. The predicted octanol–water partition coefficient (Wildman–Crippen LogP) is 5.09. The number of hydrogen-bond donors (Lipinski definition) is 1. The Morgan fingerprint density at radius 2 is 1.95 bits per heavy atom. The second kappa shape index (κ2) is 5.97. The summed E-state index contributed by atoms with van der Waals surface area (Å²) in [5, 5.41) is 6.02. The van der Waals surface area contributed by atoms with E-state index in [9.17, 15) is 4.79 Å². The van der Waals surface area contributed by atoms with Crippen LogP contribution in [0.3, 0.4) is 0 Å². The lowest BCUT2D eigenvalue weighted by Crippen LogP contribution is -2.09. The number of hydrogen-bond acceptors (Lipinski definition) is 4. The number of aryl methyl sites for hydroxylation is 1. The highest BCUT2D eigenvalue weighted by Crippen LogP contribution is 2.26. The fraction of sp³-hybridized carbons (Fsp3) is 0.0667. The van der Waals surface area contributed by atoms with Crippen molar-refractivity contribution in [3.63, 3.8) is 0 Å².